The second kappa shape index (κ2) is 9.36. The van der Waals surface area contributed by atoms with E-state index in [0.29, 0.717) is 11.3 Å². The van der Waals surface area contributed by atoms with Crippen LogP contribution < -0.4 is 10.6 Å². The molecule has 0 saturated heterocycles. The van der Waals surface area contributed by atoms with E-state index in [1.807, 2.05) is 19.9 Å². The summed E-state index contributed by atoms with van der Waals surface area (Å²) in [5.74, 6) is -1.37. The molecule has 6 nitrogen and oxygen atoms in total. The normalized spacial score (nSPS) is 11.3. The lowest BCUT2D eigenvalue weighted by molar-refractivity contribution is -0.124. The van der Waals surface area contributed by atoms with Gasteiger partial charge in [-0.25, -0.2) is 4.79 Å². The molecule has 2 aromatic carbocycles. The molecule has 0 spiro atoms. The van der Waals surface area contributed by atoms with Crippen LogP contribution >= 0.6 is 0 Å². The van der Waals surface area contributed by atoms with E-state index in [1.54, 1.807) is 42.5 Å². The Morgan fingerprint density at radius 2 is 1.65 bits per heavy atom. The van der Waals surface area contributed by atoms with Crippen molar-refractivity contribution < 1.29 is 19.1 Å². The average Bonchev–Trinajstić information content (AvgIpc) is 2.67. The highest BCUT2D eigenvalue weighted by Crippen LogP contribution is 2.17. The van der Waals surface area contributed by atoms with Gasteiger partial charge in [-0.15, -0.1) is 0 Å². The molecular formula is C20H22N2O4. The zero-order valence-corrected chi connectivity index (χ0v) is 14.8. The topological polar surface area (TPSA) is 84.5 Å². The molecule has 136 valence electrons. The Labute approximate surface area is 152 Å². The van der Waals surface area contributed by atoms with E-state index in [-0.39, 0.29) is 30.0 Å². The molecule has 2 rings (SSSR count). The second-order valence-corrected chi connectivity index (χ2v) is 5.82. The molecule has 0 aliphatic heterocycles. The molecule has 0 aromatic heterocycles. The number of ether oxygens (including phenoxy) is 1. The van der Waals surface area contributed by atoms with Crippen LogP contribution in [0.1, 0.15) is 41.0 Å². The molecule has 0 heterocycles. The van der Waals surface area contributed by atoms with Crippen LogP contribution in [-0.4, -0.2) is 30.4 Å². The van der Waals surface area contributed by atoms with Gasteiger partial charge in [-0.05, 0) is 37.6 Å². The molecule has 0 fully saturated rings. The van der Waals surface area contributed by atoms with Gasteiger partial charge in [0.2, 0.25) is 0 Å². The molecule has 26 heavy (non-hydrogen) atoms. The molecule has 1 atom stereocenters. The Balaban J connectivity index is 2.02. The Morgan fingerprint density at radius 1 is 1.00 bits per heavy atom. The minimum Gasteiger partial charge on any atom is -0.452 e. The summed E-state index contributed by atoms with van der Waals surface area (Å²) in [6, 6.07) is 15.2. The van der Waals surface area contributed by atoms with Gasteiger partial charge in [-0.2, -0.15) is 0 Å². The van der Waals surface area contributed by atoms with Crippen molar-refractivity contribution in [2.75, 3.05) is 11.9 Å². The summed E-state index contributed by atoms with van der Waals surface area (Å²) in [4.78, 5) is 36.3. The molecule has 0 aliphatic rings. The molecule has 6 heteroatoms. The number of nitrogens with one attached hydrogen (secondary N) is 2. The van der Waals surface area contributed by atoms with E-state index < -0.39 is 5.97 Å². The predicted octanol–water partition coefficient (Wildman–Crippen LogP) is 3.01. The monoisotopic (exact) mass is 354 g/mol. The SMILES string of the molecule is CC[C@@H](C)NC(=O)COC(=O)c1ccccc1NC(=O)c1ccccc1. The lowest BCUT2D eigenvalue weighted by Crippen LogP contribution is -2.35. The van der Waals surface area contributed by atoms with Gasteiger partial charge >= 0.3 is 5.97 Å². The first-order valence-corrected chi connectivity index (χ1v) is 8.43. The summed E-state index contributed by atoms with van der Waals surface area (Å²) >= 11 is 0. The number of hydrogen-bond acceptors (Lipinski definition) is 4. The van der Waals surface area contributed by atoms with E-state index in [9.17, 15) is 14.4 Å². The first kappa shape index (κ1) is 19.2. The van der Waals surface area contributed by atoms with Crippen molar-refractivity contribution in [3.63, 3.8) is 0 Å². The highest BCUT2D eigenvalue weighted by atomic mass is 16.5. The summed E-state index contributed by atoms with van der Waals surface area (Å²) in [6.07, 6.45) is 0.786. The predicted molar refractivity (Wildman–Crippen MR) is 99.0 cm³/mol. The third kappa shape index (κ3) is 5.44. The molecule has 0 radical (unpaired) electrons. The number of carbonyl (C=O) groups is 3. The number of anilines is 1. The first-order valence-electron chi connectivity index (χ1n) is 8.43. The Hall–Kier alpha value is -3.15. The maximum absolute atomic E-state index is 12.3. The van der Waals surface area contributed by atoms with Crippen LogP contribution in [0.4, 0.5) is 5.69 Å². The highest BCUT2D eigenvalue weighted by Gasteiger charge is 2.16. The molecule has 0 unspecified atom stereocenters. The second-order valence-electron chi connectivity index (χ2n) is 5.82. The van der Waals surface area contributed by atoms with Crippen molar-refractivity contribution in [3.05, 3.63) is 65.7 Å². The number of amides is 2. The largest absolute Gasteiger partial charge is 0.452 e. The number of rotatable bonds is 7. The molecular weight excluding hydrogens is 332 g/mol. The lowest BCUT2D eigenvalue weighted by Gasteiger charge is -2.13. The van der Waals surface area contributed by atoms with E-state index >= 15 is 0 Å². The van der Waals surface area contributed by atoms with Gasteiger partial charge in [-0.1, -0.05) is 37.3 Å². The first-order chi connectivity index (χ1) is 12.5. The molecule has 2 N–H and O–H groups in total. The summed E-state index contributed by atoms with van der Waals surface area (Å²) in [6.45, 7) is 3.45. The fraction of sp³-hybridized carbons (Fsp3) is 0.250. The maximum atomic E-state index is 12.3. The van der Waals surface area contributed by atoms with Crippen LogP contribution in [0, 0.1) is 0 Å². The van der Waals surface area contributed by atoms with Crippen molar-refractivity contribution in [2.24, 2.45) is 0 Å². The number of esters is 1. The summed E-state index contributed by atoms with van der Waals surface area (Å²) < 4.78 is 5.06. The van der Waals surface area contributed by atoms with Crippen LogP contribution in [-0.2, 0) is 9.53 Å². The number of carbonyl (C=O) groups excluding carboxylic acids is 3. The van der Waals surface area contributed by atoms with E-state index in [1.165, 1.54) is 6.07 Å². The van der Waals surface area contributed by atoms with Gasteiger partial charge in [0, 0.05) is 11.6 Å². The molecule has 0 bridgehead atoms. The van der Waals surface area contributed by atoms with Crippen LogP contribution in [0.25, 0.3) is 0 Å². The van der Waals surface area contributed by atoms with Crippen LogP contribution in [0.2, 0.25) is 0 Å². The van der Waals surface area contributed by atoms with Crippen molar-refractivity contribution in [2.45, 2.75) is 26.3 Å². The molecule has 0 aliphatic carbocycles. The summed E-state index contributed by atoms with van der Waals surface area (Å²) in [7, 11) is 0. The smallest absolute Gasteiger partial charge is 0.340 e. The van der Waals surface area contributed by atoms with Crippen molar-refractivity contribution in [3.8, 4) is 0 Å². The minimum absolute atomic E-state index is 0.0126. The Kier molecular flexibility index (Phi) is 6.91. The third-order valence-electron chi connectivity index (χ3n) is 3.79. The van der Waals surface area contributed by atoms with Crippen LogP contribution in [0.15, 0.2) is 54.6 Å². The van der Waals surface area contributed by atoms with Crippen LogP contribution in [0.3, 0.4) is 0 Å². The number of hydrogen-bond donors (Lipinski definition) is 2. The van der Waals surface area contributed by atoms with Gasteiger partial charge in [0.1, 0.15) is 0 Å². The maximum Gasteiger partial charge on any atom is 0.340 e. The van der Waals surface area contributed by atoms with Gasteiger partial charge in [-0.3, -0.25) is 9.59 Å². The highest BCUT2D eigenvalue weighted by molar-refractivity contribution is 6.08. The van der Waals surface area contributed by atoms with Gasteiger partial charge < -0.3 is 15.4 Å². The van der Waals surface area contributed by atoms with Crippen molar-refractivity contribution >= 4 is 23.5 Å². The Bertz CT molecular complexity index is 774. The van der Waals surface area contributed by atoms with E-state index in [4.69, 9.17) is 4.74 Å². The zero-order chi connectivity index (χ0) is 18.9. The zero-order valence-electron chi connectivity index (χ0n) is 14.8. The third-order valence-corrected chi connectivity index (χ3v) is 3.79. The molecule has 2 amide bonds. The van der Waals surface area contributed by atoms with Gasteiger partial charge in [0.25, 0.3) is 11.8 Å². The average molecular weight is 354 g/mol. The summed E-state index contributed by atoms with van der Waals surface area (Å²) in [5, 5.41) is 5.42. The van der Waals surface area contributed by atoms with Gasteiger partial charge in [0.05, 0.1) is 11.3 Å². The minimum atomic E-state index is -0.673. The fourth-order valence-corrected chi connectivity index (χ4v) is 2.18. The van der Waals surface area contributed by atoms with E-state index in [2.05, 4.69) is 10.6 Å². The molecule has 2 aromatic rings. The van der Waals surface area contributed by atoms with E-state index in [0.717, 1.165) is 6.42 Å². The van der Waals surface area contributed by atoms with Crippen molar-refractivity contribution in [1.82, 2.24) is 5.32 Å². The standard InChI is InChI=1S/C20H22N2O4/c1-3-14(2)21-18(23)13-26-20(25)16-11-7-8-12-17(16)22-19(24)15-9-5-4-6-10-15/h4-12,14H,3,13H2,1-2H3,(H,21,23)(H,22,24)/t14-/m1/s1. The number of benzene rings is 2. The molecule has 0 saturated carbocycles. The van der Waals surface area contributed by atoms with Gasteiger partial charge in [0.15, 0.2) is 6.61 Å². The Morgan fingerprint density at radius 3 is 2.35 bits per heavy atom. The quantitative estimate of drug-likeness (QED) is 0.749. The summed E-state index contributed by atoms with van der Waals surface area (Å²) in [5.41, 5.74) is 0.991. The fourth-order valence-electron chi connectivity index (χ4n) is 2.18. The lowest BCUT2D eigenvalue weighted by atomic mass is 10.1. The number of para-hydroxylation sites is 1. The van der Waals surface area contributed by atoms with Crippen molar-refractivity contribution in [1.29, 1.82) is 0 Å². The van der Waals surface area contributed by atoms with Crippen LogP contribution in [0.5, 0.6) is 0 Å².